The molecule has 2 atom stereocenters. The molecule has 0 amide bonds. The van der Waals surface area contributed by atoms with Crippen molar-refractivity contribution in [3.05, 3.63) is 82.9 Å². The number of anilines is 2. The first-order valence-electron chi connectivity index (χ1n) is 11.6. The van der Waals surface area contributed by atoms with E-state index in [-0.39, 0.29) is 5.57 Å². The van der Waals surface area contributed by atoms with E-state index in [1.807, 2.05) is 6.07 Å². The van der Waals surface area contributed by atoms with Gasteiger partial charge in [0.2, 0.25) is 0 Å². The lowest BCUT2D eigenvalue weighted by molar-refractivity contribution is -0.132. The first-order valence-corrected chi connectivity index (χ1v) is 11.6. The van der Waals surface area contributed by atoms with Gasteiger partial charge in [-0.1, -0.05) is 49.8 Å². The summed E-state index contributed by atoms with van der Waals surface area (Å²) in [6.45, 7) is 2.14. The SMILES string of the molecule is CCC=Cc1ccc2cc(N3c4ccc(/C=C(\C#N)C(=O)O)cc4C4CCCC43)ccc2c1. The monoisotopic (exact) mass is 434 g/mol. The van der Waals surface area contributed by atoms with Crippen LogP contribution in [-0.4, -0.2) is 17.1 Å². The number of carboxylic acid groups (broad SMARTS) is 1. The molecule has 1 aliphatic heterocycles. The number of fused-ring (bicyclic) bond motifs is 4. The standard InChI is InChI=1S/C29H26N2O2/c1-2-3-5-19-8-10-22-17-24(12-11-21(22)14-19)31-27-7-4-6-25(27)26-16-20(9-13-28(26)31)15-23(18-30)29(32)33/h3,5,8-17,25,27H,2,4,6-7H2,1H3,(H,32,33)/b5-3?,23-15+. The molecule has 3 aromatic carbocycles. The number of carbonyl (C=O) groups is 1. The van der Waals surface area contributed by atoms with Gasteiger partial charge in [0.15, 0.2) is 0 Å². The maximum absolute atomic E-state index is 11.3. The summed E-state index contributed by atoms with van der Waals surface area (Å²) >= 11 is 0. The number of hydrogen-bond acceptors (Lipinski definition) is 3. The van der Waals surface area contributed by atoms with Crippen molar-refractivity contribution in [3.63, 3.8) is 0 Å². The molecule has 33 heavy (non-hydrogen) atoms. The van der Waals surface area contributed by atoms with Gasteiger partial charge in [0.1, 0.15) is 11.6 Å². The lowest BCUT2D eigenvalue weighted by Gasteiger charge is -2.27. The Morgan fingerprint density at radius 2 is 1.88 bits per heavy atom. The normalized spacial score (nSPS) is 19.6. The molecule has 1 aliphatic carbocycles. The summed E-state index contributed by atoms with van der Waals surface area (Å²) < 4.78 is 0. The molecule has 0 bridgehead atoms. The summed E-state index contributed by atoms with van der Waals surface area (Å²) in [5.74, 6) is -0.760. The van der Waals surface area contributed by atoms with Crippen LogP contribution in [0.5, 0.6) is 0 Å². The third-order valence-electron chi connectivity index (χ3n) is 6.86. The first-order chi connectivity index (χ1) is 16.1. The lowest BCUT2D eigenvalue weighted by atomic mass is 9.95. The van der Waals surface area contributed by atoms with E-state index in [2.05, 4.69) is 72.5 Å². The second-order valence-corrected chi connectivity index (χ2v) is 8.87. The molecule has 5 rings (SSSR count). The highest BCUT2D eigenvalue weighted by atomic mass is 16.4. The highest BCUT2D eigenvalue weighted by Gasteiger charge is 2.42. The van der Waals surface area contributed by atoms with Gasteiger partial charge in [0, 0.05) is 23.3 Å². The maximum Gasteiger partial charge on any atom is 0.346 e. The summed E-state index contributed by atoms with van der Waals surface area (Å²) in [7, 11) is 0. The quantitative estimate of drug-likeness (QED) is 0.345. The number of benzene rings is 3. The Kier molecular flexibility index (Phi) is 5.48. The van der Waals surface area contributed by atoms with Crippen LogP contribution < -0.4 is 4.90 Å². The van der Waals surface area contributed by atoms with Crippen molar-refractivity contribution < 1.29 is 9.90 Å². The minimum Gasteiger partial charge on any atom is -0.477 e. The van der Waals surface area contributed by atoms with E-state index >= 15 is 0 Å². The van der Waals surface area contributed by atoms with Gasteiger partial charge in [-0.3, -0.25) is 0 Å². The van der Waals surface area contributed by atoms with Crippen LogP contribution in [0.1, 0.15) is 55.2 Å². The summed E-state index contributed by atoms with van der Waals surface area (Å²) in [5, 5.41) is 20.8. The molecule has 2 aliphatic rings. The minimum absolute atomic E-state index is 0.240. The fraction of sp³-hybridized carbons (Fsp3) is 0.241. The number of aliphatic carboxylic acids is 1. The number of carboxylic acids is 1. The van der Waals surface area contributed by atoms with Crippen LogP contribution >= 0.6 is 0 Å². The topological polar surface area (TPSA) is 64.3 Å². The van der Waals surface area contributed by atoms with E-state index in [1.54, 1.807) is 6.07 Å². The zero-order valence-corrected chi connectivity index (χ0v) is 18.7. The zero-order valence-electron chi connectivity index (χ0n) is 18.7. The molecule has 4 heteroatoms. The Hall–Kier alpha value is -3.84. The van der Waals surface area contributed by atoms with Crippen molar-refractivity contribution in [1.29, 1.82) is 5.26 Å². The average Bonchev–Trinajstić information content (AvgIpc) is 3.41. The smallest absolute Gasteiger partial charge is 0.346 e. The zero-order chi connectivity index (χ0) is 22.9. The summed E-state index contributed by atoms with van der Waals surface area (Å²) in [5.41, 5.74) is 5.40. The van der Waals surface area contributed by atoms with Crippen molar-refractivity contribution in [2.75, 3.05) is 4.90 Å². The molecule has 4 nitrogen and oxygen atoms in total. The van der Waals surface area contributed by atoms with Gasteiger partial charge < -0.3 is 10.0 Å². The Labute approximate surface area is 194 Å². The van der Waals surface area contributed by atoms with Gasteiger partial charge in [-0.25, -0.2) is 4.79 Å². The van der Waals surface area contributed by atoms with Crippen molar-refractivity contribution in [2.24, 2.45) is 0 Å². The van der Waals surface area contributed by atoms with Crippen LogP contribution in [0.4, 0.5) is 11.4 Å². The van der Waals surface area contributed by atoms with Crippen LogP contribution in [-0.2, 0) is 4.79 Å². The molecular formula is C29H26N2O2. The molecule has 1 fully saturated rings. The Bertz CT molecular complexity index is 1350. The third kappa shape index (κ3) is 3.81. The minimum atomic E-state index is -1.19. The van der Waals surface area contributed by atoms with E-state index in [1.165, 1.54) is 45.8 Å². The van der Waals surface area contributed by atoms with Gasteiger partial charge in [0.25, 0.3) is 0 Å². The van der Waals surface area contributed by atoms with E-state index in [0.29, 0.717) is 12.0 Å². The van der Waals surface area contributed by atoms with Crippen LogP contribution in [0.25, 0.3) is 22.9 Å². The van der Waals surface area contributed by atoms with E-state index in [0.717, 1.165) is 24.8 Å². The molecule has 164 valence electrons. The number of rotatable bonds is 5. The molecule has 1 N–H and O–H groups in total. The second kappa shape index (κ2) is 8.60. The fourth-order valence-corrected chi connectivity index (χ4v) is 5.37. The van der Waals surface area contributed by atoms with Crippen LogP contribution in [0.15, 0.2) is 66.2 Å². The molecule has 0 aromatic heterocycles. The highest BCUT2D eigenvalue weighted by Crippen LogP contribution is 2.52. The molecule has 0 radical (unpaired) electrons. The molecule has 3 aromatic rings. The van der Waals surface area contributed by atoms with Gasteiger partial charge in [0.05, 0.1) is 0 Å². The first kappa shape index (κ1) is 21.0. The molecular weight excluding hydrogens is 408 g/mol. The molecule has 2 unspecified atom stereocenters. The third-order valence-corrected chi connectivity index (χ3v) is 6.86. The highest BCUT2D eigenvalue weighted by molar-refractivity contribution is 5.96. The maximum atomic E-state index is 11.3. The number of allylic oxidation sites excluding steroid dienone is 1. The summed E-state index contributed by atoms with van der Waals surface area (Å²) in [6, 6.07) is 21.6. The van der Waals surface area contributed by atoms with E-state index < -0.39 is 5.97 Å². The number of nitrogens with zero attached hydrogens (tertiary/aromatic N) is 2. The van der Waals surface area contributed by atoms with Crippen LogP contribution in [0.2, 0.25) is 0 Å². The van der Waals surface area contributed by atoms with E-state index in [4.69, 9.17) is 5.26 Å². The number of nitriles is 1. The molecule has 1 saturated carbocycles. The Balaban J connectivity index is 1.54. The Morgan fingerprint density at radius 3 is 2.67 bits per heavy atom. The van der Waals surface area contributed by atoms with Crippen molar-refractivity contribution in [2.45, 2.75) is 44.6 Å². The van der Waals surface area contributed by atoms with Crippen LogP contribution in [0.3, 0.4) is 0 Å². The summed E-state index contributed by atoms with van der Waals surface area (Å²) in [4.78, 5) is 13.7. The predicted octanol–water partition coefficient (Wildman–Crippen LogP) is 7.04. The second-order valence-electron chi connectivity index (χ2n) is 8.87. The van der Waals surface area contributed by atoms with Gasteiger partial charge in [-0.05, 0) is 83.1 Å². The lowest BCUT2D eigenvalue weighted by Crippen LogP contribution is -2.26. The van der Waals surface area contributed by atoms with Gasteiger partial charge in [-0.15, -0.1) is 0 Å². The fourth-order valence-electron chi connectivity index (χ4n) is 5.37. The Morgan fingerprint density at radius 1 is 1.09 bits per heavy atom. The molecule has 0 spiro atoms. The average molecular weight is 435 g/mol. The van der Waals surface area contributed by atoms with Crippen molar-refractivity contribution >= 4 is 40.3 Å². The van der Waals surface area contributed by atoms with Crippen molar-refractivity contribution in [1.82, 2.24) is 0 Å². The van der Waals surface area contributed by atoms with Gasteiger partial charge >= 0.3 is 5.97 Å². The molecule has 1 heterocycles. The van der Waals surface area contributed by atoms with Gasteiger partial charge in [-0.2, -0.15) is 5.26 Å². The predicted molar refractivity (Wildman–Crippen MR) is 133 cm³/mol. The van der Waals surface area contributed by atoms with Crippen molar-refractivity contribution in [3.8, 4) is 6.07 Å². The largest absolute Gasteiger partial charge is 0.477 e. The number of hydrogen-bond donors (Lipinski definition) is 1. The summed E-state index contributed by atoms with van der Waals surface area (Å²) in [6.07, 6.45) is 10.3. The van der Waals surface area contributed by atoms with Crippen LogP contribution in [0, 0.1) is 11.3 Å². The molecule has 0 saturated heterocycles. The van der Waals surface area contributed by atoms with E-state index in [9.17, 15) is 9.90 Å².